The number of hydrogen-bond acceptors (Lipinski definition) is 8. The lowest BCUT2D eigenvalue weighted by Gasteiger charge is -2.07. The first-order valence-electron chi connectivity index (χ1n) is 21.4. The number of halogens is 2. The number of rotatable bonds is 26. The quantitative estimate of drug-likeness (QED) is 0.0613. The minimum atomic E-state index is 1.17. The summed E-state index contributed by atoms with van der Waals surface area (Å²) in [5.41, 5.74) is 0. The van der Waals surface area contributed by atoms with Gasteiger partial charge in [0.25, 0.3) is 0 Å². The largest absolute Gasteiger partial charge is 0.117 e. The average molecular weight is 993 g/mol. The molecule has 0 saturated heterocycles. The van der Waals surface area contributed by atoms with Gasteiger partial charge >= 0.3 is 0 Å². The molecule has 0 N–H and O–H groups in total. The van der Waals surface area contributed by atoms with Gasteiger partial charge in [-0.15, -0.1) is 47.0 Å². The molecule has 0 bridgehead atoms. The van der Waals surface area contributed by atoms with Crippen LogP contribution in [0.2, 0.25) is 0 Å². The molecule has 0 nitrogen and oxygen atoms in total. The lowest BCUT2D eigenvalue weighted by Crippen LogP contribution is -1.86. The molecule has 10 heteroatoms. The van der Waals surface area contributed by atoms with Crippen LogP contribution in [0.15, 0.2) is 25.4 Å². The van der Waals surface area contributed by atoms with Gasteiger partial charge in [-0.05, 0) is 61.5 Å². The Hall–Kier alpha value is 2.98. The van der Waals surface area contributed by atoms with Gasteiger partial charge in [-0.1, -0.05) is 233 Å². The van der Waals surface area contributed by atoms with Gasteiger partial charge in [0.1, 0.15) is 0 Å². The number of thioether (sulfide) groups is 8. The molecular weight excluding hydrogens is 921 g/mol. The second-order valence-corrected chi connectivity index (χ2v) is 26.2. The van der Waals surface area contributed by atoms with Crippen LogP contribution < -0.4 is 0 Å². The zero-order chi connectivity index (χ0) is 36.6. The van der Waals surface area contributed by atoms with Gasteiger partial charge in [0, 0.05) is 10.7 Å². The maximum absolute atomic E-state index is 3.56. The van der Waals surface area contributed by atoms with Gasteiger partial charge in [-0.2, -0.15) is 0 Å². The maximum Gasteiger partial charge on any atom is 0.0717 e. The molecule has 0 atom stereocenters. The van der Waals surface area contributed by atoms with Crippen LogP contribution >= 0.6 is 126 Å². The van der Waals surface area contributed by atoms with E-state index in [4.69, 9.17) is 0 Å². The summed E-state index contributed by atoms with van der Waals surface area (Å²) in [5, 5.41) is 2.34. The maximum atomic E-state index is 3.56. The zero-order valence-corrected chi connectivity index (χ0v) is 42.2. The Kier molecular flexibility index (Phi) is 34.1. The van der Waals surface area contributed by atoms with E-state index in [1.54, 1.807) is 25.4 Å². The van der Waals surface area contributed by atoms with E-state index < -0.39 is 0 Å². The Balaban J connectivity index is 1.45. The number of hydrogen-bond donors (Lipinski definition) is 0. The predicted octanol–water partition coefficient (Wildman–Crippen LogP) is 19.8. The van der Waals surface area contributed by atoms with Crippen molar-refractivity contribution < 1.29 is 0 Å². The van der Waals surface area contributed by atoms with E-state index in [0.717, 1.165) is 0 Å². The Bertz CT molecular complexity index is 913. The summed E-state index contributed by atoms with van der Waals surface area (Å²) in [6, 6.07) is 0. The minimum absolute atomic E-state index is 1.17. The summed E-state index contributed by atoms with van der Waals surface area (Å²) in [4.78, 5) is 0. The lowest BCUT2D eigenvalue weighted by molar-refractivity contribution is 0.564. The fraction of sp³-hybridized carbons (Fsp3) is 0.857. The van der Waals surface area contributed by atoms with E-state index in [-0.39, 0.29) is 0 Å². The van der Waals surface area contributed by atoms with Crippen molar-refractivity contribution in [3.05, 3.63) is 25.4 Å². The van der Waals surface area contributed by atoms with E-state index in [9.17, 15) is 0 Å². The van der Waals surface area contributed by atoms with Crippen molar-refractivity contribution in [3.8, 4) is 0 Å². The Labute approximate surface area is 373 Å². The zero-order valence-electron chi connectivity index (χ0n) is 32.5. The van der Waals surface area contributed by atoms with Gasteiger partial charge in [0.2, 0.25) is 0 Å². The first-order chi connectivity index (χ1) is 25.8. The molecule has 0 saturated carbocycles. The summed E-state index contributed by atoms with van der Waals surface area (Å²) in [7, 11) is 0. The highest BCUT2D eigenvalue weighted by molar-refractivity contribution is 9.09. The topological polar surface area (TPSA) is 0 Å². The van der Waals surface area contributed by atoms with E-state index in [1.807, 2.05) is 0 Å². The first-order valence-corrected chi connectivity index (χ1v) is 30.8. The molecule has 0 spiro atoms. The highest BCUT2D eigenvalue weighted by Gasteiger charge is 2.30. The van der Waals surface area contributed by atoms with E-state index in [1.165, 1.54) is 226 Å². The van der Waals surface area contributed by atoms with Crippen molar-refractivity contribution >= 4 is 126 Å². The van der Waals surface area contributed by atoms with Crippen LogP contribution in [0.5, 0.6) is 0 Å². The SMILES string of the molecule is BrCCCCCCCCCCCCSC1=C(SCCCCCCCCCCCCBr)SC(=C2SC3=C(SCCCCCCCCCCCCS3)S2)S1. The van der Waals surface area contributed by atoms with Gasteiger partial charge in [0.05, 0.1) is 25.4 Å². The molecule has 0 fully saturated rings. The normalized spacial score (nSPS) is 18.6. The molecule has 0 radical (unpaired) electrons. The van der Waals surface area contributed by atoms with Gasteiger partial charge in [-0.25, -0.2) is 0 Å². The van der Waals surface area contributed by atoms with Crippen molar-refractivity contribution in [2.45, 2.75) is 193 Å². The monoisotopic (exact) mass is 990 g/mol. The molecule has 3 aliphatic rings. The number of unbranched alkanes of at least 4 members (excludes halogenated alkanes) is 18. The number of alkyl halides is 2. The van der Waals surface area contributed by atoms with Crippen LogP contribution in [0.25, 0.3) is 0 Å². The molecule has 3 aliphatic heterocycles. The van der Waals surface area contributed by atoms with Crippen molar-refractivity contribution in [2.75, 3.05) is 33.7 Å². The van der Waals surface area contributed by atoms with Crippen molar-refractivity contribution in [1.82, 2.24) is 0 Å². The van der Waals surface area contributed by atoms with E-state index >= 15 is 0 Å². The lowest BCUT2D eigenvalue weighted by atomic mass is 10.1. The summed E-state index contributed by atoms with van der Waals surface area (Å²) < 4.78 is 9.68. The summed E-state index contributed by atoms with van der Waals surface area (Å²) in [6.07, 6.45) is 42.6. The van der Waals surface area contributed by atoms with E-state index in [2.05, 4.69) is 126 Å². The van der Waals surface area contributed by atoms with Crippen molar-refractivity contribution in [3.63, 3.8) is 0 Å². The Morgan fingerprint density at radius 1 is 0.327 bits per heavy atom. The van der Waals surface area contributed by atoms with E-state index in [0.29, 0.717) is 0 Å². The molecule has 0 aromatic rings. The molecule has 3 rings (SSSR count). The van der Waals surface area contributed by atoms with Crippen LogP contribution in [-0.2, 0) is 0 Å². The highest BCUT2D eigenvalue weighted by atomic mass is 79.9. The van der Waals surface area contributed by atoms with Crippen LogP contribution in [-0.4, -0.2) is 33.7 Å². The fourth-order valence-electron chi connectivity index (χ4n) is 6.56. The second-order valence-electron chi connectivity index (χ2n) is 14.5. The van der Waals surface area contributed by atoms with Crippen molar-refractivity contribution in [2.24, 2.45) is 0 Å². The molecule has 302 valence electrons. The van der Waals surface area contributed by atoms with Gasteiger partial charge in [0.15, 0.2) is 0 Å². The third-order valence-electron chi connectivity index (χ3n) is 9.77. The van der Waals surface area contributed by atoms with Crippen LogP contribution in [0.4, 0.5) is 0 Å². The molecule has 0 aromatic carbocycles. The molecular formula is C42H72Br2S8. The third-order valence-corrected chi connectivity index (χ3v) is 22.8. The first kappa shape index (κ1) is 49.3. The summed E-state index contributed by atoms with van der Waals surface area (Å²) in [6.45, 7) is 0. The Morgan fingerprint density at radius 3 is 0.962 bits per heavy atom. The molecule has 52 heavy (non-hydrogen) atoms. The fourth-order valence-corrected chi connectivity index (χ4v) is 19.6. The molecule has 0 aromatic heterocycles. The minimum Gasteiger partial charge on any atom is -0.117 e. The summed E-state index contributed by atoms with van der Waals surface area (Å²) in [5.74, 6) is 5.17. The van der Waals surface area contributed by atoms with Crippen LogP contribution in [0, 0.1) is 0 Å². The molecule has 0 aliphatic carbocycles. The van der Waals surface area contributed by atoms with Crippen molar-refractivity contribution in [1.29, 1.82) is 0 Å². The summed E-state index contributed by atoms with van der Waals surface area (Å²) >= 11 is 24.4. The Morgan fingerprint density at radius 2 is 0.615 bits per heavy atom. The molecule has 0 amide bonds. The smallest absolute Gasteiger partial charge is 0.0717 e. The average Bonchev–Trinajstić information content (AvgIpc) is 3.75. The van der Waals surface area contributed by atoms with Crippen LogP contribution in [0.1, 0.15) is 193 Å². The predicted molar refractivity (Wildman–Crippen MR) is 267 cm³/mol. The standard InChI is InChI=1S/C42H72Br2S8/c43-31-25-19-13-7-1-3-9-15-21-27-33-45-37-38(46-34-28-22-16-10-4-2-8-14-20-26-32-44)50-41(49-37)42-51-39-40(52-42)48-36-30-24-18-12-6-5-11-17-23-29-35-47-39/h1-36H2. The van der Waals surface area contributed by atoms with Crippen LogP contribution in [0.3, 0.4) is 0 Å². The molecule has 3 heterocycles. The van der Waals surface area contributed by atoms with Gasteiger partial charge < -0.3 is 0 Å². The highest BCUT2D eigenvalue weighted by Crippen LogP contribution is 2.66. The third kappa shape index (κ3) is 24.8. The van der Waals surface area contributed by atoms with Gasteiger partial charge in [-0.3, -0.25) is 0 Å². The molecule has 0 unspecified atom stereocenters. The second kappa shape index (κ2) is 35.9.